The fourth-order valence-corrected chi connectivity index (χ4v) is 4.72. The van der Waals surface area contributed by atoms with Crippen LogP contribution in [-0.4, -0.2) is 64.5 Å². The van der Waals surface area contributed by atoms with Crippen LogP contribution in [0.1, 0.15) is 22.0 Å². The quantitative estimate of drug-likeness (QED) is 0.517. The zero-order valence-electron chi connectivity index (χ0n) is 20.6. The second-order valence-corrected chi connectivity index (χ2v) is 8.79. The third-order valence-corrected chi connectivity index (χ3v) is 6.76. The summed E-state index contributed by atoms with van der Waals surface area (Å²) in [6.07, 6.45) is 0. The van der Waals surface area contributed by atoms with Crippen molar-refractivity contribution in [1.29, 1.82) is 0 Å². The maximum absolute atomic E-state index is 13.0. The first kappa shape index (κ1) is 23.8. The normalized spacial score (nSPS) is 15.9. The van der Waals surface area contributed by atoms with Gasteiger partial charge in [0, 0.05) is 44.0 Å². The number of hydrogen-bond acceptors (Lipinski definition) is 7. The predicted octanol–water partition coefficient (Wildman–Crippen LogP) is 3.73. The Hall–Kier alpha value is -3.91. The molecule has 3 aromatic rings. The standard InChI is InChI=1S/C28H31N3O5/c1-33-23-9-7-22(8-10-23)30-12-14-31(15-13-30)25(20-6-11-26-27(17-20)36-19-35-26)18-29-28(32)21-4-3-5-24(16-21)34-2/h3-11,16-17,25H,12-15,18-19H2,1-2H3,(H,29,32). The Balaban J connectivity index is 1.30. The van der Waals surface area contributed by atoms with E-state index in [2.05, 4.69) is 33.3 Å². The molecule has 5 rings (SSSR count). The van der Waals surface area contributed by atoms with Gasteiger partial charge in [0.1, 0.15) is 11.5 Å². The lowest BCUT2D eigenvalue weighted by Gasteiger charge is -2.40. The molecule has 2 aliphatic rings. The molecule has 1 amide bonds. The van der Waals surface area contributed by atoms with Crippen molar-refractivity contribution in [2.45, 2.75) is 6.04 Å². The zero-order chi connectivity index (χ0) is 24.9. The molecule has 1 saturated heterocycles. The van der Waals surface area contributed by atoms with E-state index in [1.165, 1.54) is 5.69 Å². The van der Waals surface area contributed by atoms with Crippen molar-refractivity contribution in [2.24, 2.45) is 0 Å². The van der Waals surface area contributed by atoms with Crippen molar-refractivity contribution in [3.8, 4) is 23.0 Å². The highest BCUT2D eigenvalue weighted by molar-refractivity contribution is 5.94. The molecule has 0 spiro atoms. The summed E-state index contributed by atoms with van der Waals surface area (Å²) in [6.45, 7) is 4.20. The fraction of sp³-hybridized carbons (Fsp3) is 0.321. The summed E-state index contributed by atoms with van der Waals surface area (Å²) in [7, 11) is 3.27. The van der Waals surface area contributed by atoms with Gasteiger partial charge >= 0.3 is 0 Å². The van der Waals surface area contributed by atoms with Gasteiger partial charge in [-0.1, -0.05) is 12.1 Å². The highest BCUT2D eigenvalue weighted by Crippen LogP contribution is 2.36. The van der Waals surface area contributed by atoms with E-state index in [0.717, 1.165) is 49.0 Å². The van der Waals surface area contributed by atoms with Crippen molar-refractivity contribution in [3.63, 3.8) is 0 Å². The van der Waals surface area contributed by atoms with Crippen molar-refractivity contribution < 1.29 is 23.7 Å². The smallest absolute Gasteiger partial charge is 0.251 e. The van der Waals surface area contributed by atoms with Gasteiger partial charge in [-0.05, 0) is 60.2 Å². The number of fused-ring (bicyclic) bond motifs is 1. The summed E-state index contributed by atoms with van der Waals surface area (Å²) < 4.78 is 21.7. The first-order chi connectivity index (χ1) is 17.6. The van der Waals surface area contributed by atoms with Crippen LogP contribution in [0.15, 0.2) is 66.7 Å². The van der Waals surface area contributed by atoms with Gasteiger partial charge in [-0.25, -0.2) is 0 Å². The lowest BCUT2D eigenvalue weighted by atomic mass is 10.0. The highest BCUT2D eigenvalue weighted by atomic mass is 16.7. The van der Waals surface area contributed by atoms with Crippen molar-refractivity contribution >= 4 is 11.6 Å². The Kier molecular flexibility index (Phi) is 7.13. The summed E-state index contributed by atoms with van der Waals surface area (Å²) in [4.78, 5) is 17.8. The average molecular weight is 490 g/mol. The van der Waals surface area contributed by atoms with Gasteiger partial charge < -0.3 is 29.2 Å². The molecule has 0 bridgehead atoms. The molecular formula is C28H31N3O5. The second-order valence-electron chi connectivity index (χ2n) is 8.79. The molecule has 8 nitrogen and oxygen atoms in total. The van der Waals surface area contributed by atoms with E-state index in [1.807, 2.05) is 36.4 Å². The third-order valence-electron chi connectivity index (χ3n) is 6.76. The molecule has 3 aromatic carbocycles. The topological polar surface area (TPSA) is 72.5 Å². The molecule has 2 heterocycles. The summed E-state index contributed by atoms with van der Waals surface area (Å²) in [5.74, 6) is 2.88. The van der Waals surface area contributed by atoms with Gasteiger partial charge in [0.05, 0.1) is 20.3 Å². The lowest BCUT2D eigenvalue weighted by molar-refractivity contribution is 0.0930. The Morgan fingerprint density at radius 1 is 0.889 bits per heavy atom. The second kappa shape index (κ2) is 10.8. The molecule has 1 unspecified atom stereocenters. The molecule has 0 aromatic heterocycles. The van der Waals surface area contributed by atoms with Crippen LogP contribution in [0.5, 0.6) is 23.0 Å². The number of rotatable bonds is 8. The van der Waals surface area contributed by atoms with Crippen molar-refractivity contribution in [1.82, 2.24) is 10.2 Å². The average Bonchev–Trinajstić information content (AvgIpc) is 3.42. The van der Waals surface area contributed by atoms with Gasteiger partial charge in [-0.3, -0.25) is 9.69 Å². The number of piperazine rings is 1. The summed E-state index contributed by atoms with van der Waals surface area (Å²) in [6, 6.07) is 21.4. The summed E-state index contributed by atoms with van der Waals surface area (Å²) >= 11 is 0. The van der Waals surface area contributed by atoms with Crippen LogP contribution in [0.25, 0.3) is 0 Å². The van der Waals surface area contributed by atoms with E-state index in [9.17, 15) is 4.79 Å². The van der Waals surface area contributed by atoms with Gasteiger partial charge in [0.2, 0.25) is 6.79 Å². The third kappa shape index (κ3) is 5.18. The van der Waals surface area contributed by atoms with E-state index in [4.69, 9.17) is 18.9 Å². The van der Waals surface area contributed by atoms with E-state index in [0.29, 0.717) is 17.9 Å². The van der Waals surface area contributed by atoms with Crippen LogP contribution in [0.4, 0.5) is 5.69 Å². The number of nitrogens with zero attached hydrogens (tertiary/aromatic N) is 2. The maximum atomic E-state index is 13.0. The number of anilines is 1. The largest absolute Gasteiger partial charge is 0.497 e. The van der Waals surface area contributed by atoms with Crippen LogP contribution < -0.4 is 29.2 Å². The molecule has 36 heavy (non-hydrogen) atoms. The van der Waals surface area contributed by atoms with Gasteiger partial charge in [-0.2, -0.15) is 0 Å². The number of ether oxygens (including phenoxy) is 4. The molecular weight excluding hydrogens is 458 g/mol. The number of hydrogen-bond donors (Lipinski definition) is 1. The number of methoxy groups -OCH3 is 2. The summed E-state index contributed by atoms with van der Waals surface area (Å²) in [5.41, 5.74) is 2.84. The minimum atomic E-state index is -0.128. The molecule has 8 heteroatoms. The first-order valence-electron chi connectivity index (χ1n) is 12.1. The van der Waals surface area contributed by atoms with Crippen LogP contribution in [0.3, 0.4) is 0 Å². The van der Waals surface area contributed by atoms with E-state index in [-0.39, 0.29) is 18.7 Å². The Labute approximate surface area is 211 Å². The highest BCUT2D eigenvalue weighted by Gasteiger charge is 2.27. The monoisotopic (exact) mass is 489 g/mol. The molecule has 0 aliphatic carbocycles. The summed E-state index contributed by atoms with van der Waals surface area (Å²) in [5, 5.41) is 3.13. The van der Waals surface area contributed by atoms with Gasteiger partial charge in [0.15, 0.2) is 11.5 Å². The minimum absolute atomic E-state index is 0.00734. The SMILES string of the molecule is COc1ccc(N2CCN(C(CNC(=O)c3cccc(OC)c3)c3ccc4c(c3)OCO4)CC2)cc1. The number of carbonyl (C=O) groups excluding carboxylic acids is 1. The van der Waals surface area contributed by atoms with E-state index in [1.54, 1.807) is 26.4 Å². The van der Waals surface area contributed by atoms with E-state index >= 15 is 0 Å². The first-order valence-corrected chi connectivity index (χ1v) is 12.1. The predicted molar refractivity (Wildman–Crippen MR) is 137 cm³/mol. The molecule has 2 aliphatic heterocycles. The fourth-order valence-electron chi connectivity index (χ4n) is 4.72. The number of carbonyl (C=O) groups is 1. The van der Waals surface area contributed by atoms with Crippen molar-refractivity contribution in [2.75, 3.05) is 58.6 Å². The molecule has 1 N–H and O–H groups in total. The Bertz CT molecular complexity index is 1190. The Morgan fingerprint density at radius 2 is 1.64 bits per heavy atom. The lowest BCUT2D eigenvalue weighted by Crippen LogP contribution is -2.50. The number of benzene rings is 3. The van der Waals surface area contributed by atoms with Crippen LogP contribution in [0, 0.1) is 0 Å². The molecule has 0 saturated carbocycles. The van der Waals surface area contributed by atoms with Crippen LogP contribution in [0.2, 0.25) is 0 Å². The minimum Gasteiger partial charge on any atom is -0.497 e. The molecule has 0 radical (unpaired) electrons. The van der Waals surface area contributed by atoms with Gasteiger partial charge in [-0.15, -0.1) is 0 Å². The van der Waals surface area contributed by atoms with Crippen LogP contribution >= 0.6 is 0 Å². The molecule has 1 atom stereocenters. The van der Waals surface area contributed by atoms with E-state index < -0.39 is 0 Å². The molecule has 188 valence electrons. The van der Waals surface area contributed by atoms with Crippen LogP contribution in [-0.2, 0) is 0 Å². The molecule has 1 fully saturated rings. The zero-order valence-corrected chi connectivity index (χ0v) is 20.6. The number of amides is 1. The van der Waals surface area contributed by atoms with Gasteiger partial charge in [0.25, 0.3) is 5.91 Å². The Morgan fingerprint density at radius 3 is 2.39 bits per heavy atom. The van der Waals surface area contributed by atoms with Crippen molar-refractivity contribution in [3.05, 3.63) is 77.9 Å². The maximum Gasteiger partial charge on any atom is 0.251 e. The number of nitrogens with one attached hydrogen (secondary N) is 1.